The van der Waals surface area contributed by atoms with Crippen molar-refractivity contribution in [3.05, 3.63) is 65.5 Å². The molecule has 8 heteroatoms. The van der Waals surface area contributed by atoms with Crippen LogP contribution in [0.4, 0.5) is 5.69 Å². The Kier molecular flexibility index (Phi) is 5.30. The van der Waals surface area contributed by atoms with E-state index in [1.165, 1.54) is 0 Å². The smallest absolute Gasteiger partial charge is 0.273 e. The lowest BCUT2D eigenvalue weighted by Gasteiger charge is -2.13. The zero-order valence-electron chi connectivity index (χ0n) is 18.8. The molecule has 0 aliphatic carbocycles. The molecule has 4 aromatic rings. The van der Waals surface area contributed by atoms with Gasteiger partial charge in [0, 0.05) is 25.1 Å². The third-order valence-electron chi connectivity index (χ3n) is 5.27. The van der Waals surface area contributed by atoms with Crippen LogP contribution in [0.25, 0.3) is 22.4 Å². The Morgan fingerprint density at radius 2 is 1.75 bits per heavy atom. The first kappa shape index (κ1) is 21.3. The van der Waals surface area contributed by atoms with E-state index in [9.17, 15) is 9.59 Å². The van der Waals surface area contributed by atoms with Gasteiger partial charge in [0.05, 0.1) is 28.0 Å². The number of nitrogens with one attached hydrogen (secondary N) is 3. The van der Waals surface area contributed by atoms with E-state index in [-0.39, 0.29) is 17.2 Å². The Morgan fingerprint density at radius 3 is 2.38 bits per heavy atom. The fourth-order valence-electron chi connectivity index (χ4n) is 3.45. The maximum atomic E-state index is 13.1. The average molecular weight is 431 g/mol. The summed E-state index contributed by atoms with van der Waals surface area (Å²) in [6.07, 6.45) is 0. The number of nitrogens with zero attached hydrogens (tertiary/aromatic N) is 3. The second-order valence-corrected chi connectivity index (χ2v) is 8.69. The summed E-state index contributed by atoms with van der Waals surface area (Å²) in [6.45, 7) is 6.11. The van der Waals surface area contributed by atoms with E-state index in [4.69, 9.17) is 0 Å². The van der Waals surface area contributed by atoms with Crippen LogP contribution >= 0.6 is 0 Å². The molecule has 0 aliphatic rings. The number of carbonyl (C=O) groups is 2. The van der Waals surface area contributed by atoms with E-state index >= 15 is 0 Å². The molecule has 0 fully saturated rings. The number of hydrogen-bond donors (Lipinski definition) is 3. The minimum atomic E-state index is -0.348. The predicted octanol–water partition coefficient (Wildman–Crippen LogP) is 3.87. The number of amides is 2. The molecule has 0 saturated carbocycles. The van der Waals surface area contributed by atoms with E-state index in [1.54, 1.807) is 37.0 Å². The van der Waals surface area contributed by atoms with Crippen LogP contribution in [0.15, 0.2) is 48.5 Å². The number of aromatic amines is 1. The fraction of sp³-hybridized carbons (Fsp3) is 0.250. The van der Waals surface area contributed by atoms with Crippen molar-refractivity contribution < 1.29 is 9.59 Å². The SMILES string of the molecule is CNC(=O)c1cc2[nH]c(-c3ccccc3)nc2cc1NC(=O)c1cc(C(C)(C)C)nn1C. The lowest BCUT2D eigenvalue weighted by Crippen LogP contribution is -2.22. The van der Waals surface area contributed by atoms with E-state index in [2.05, 4.69) is 25.7 Å². The molecule has 0 radical (unpaired) electrons. The molecule has 2 amide bonds. The molecule has 0 unspecified atom stereocenters. The van der Waals surface area contributed by atoms with Gasteiger partial charge < -0.3 is 15.6 Å². The van der Waals surface area contributed by atoms with Crippen molar-refractivity contribution in [3.8, 4) is 11.4 Å². The van der Waals surface area contributed by atoms with Crippen LogP contribution in [0.1, 0.15) is 47.3 Å². The predicted molar refractivity (Wildman–Crippen MR) is 125 cm³/mol. The Morgan fingerprint density at radius 1 is 1.03 bits per heavy atom. The molecule has 2 aromatic carbocycles. The molecule has 2 aromatic heterocycles. The van der Waals surface area contributed by atoms with Crippen LogP contribution in [-0.2, 0) is 12.5 Å². The summed E-state index contributed by atoms with van der Waals surface area (Å²) < 4.78 is 1.55. The largest absolute Gasteiger partial charge is 0.355 e. The second-order valence-electron chi connectivity index (χ2n) is 8.69. The number of rotatable bonds is 4. The summed E-state index contributed by atoms with van der Waals surface area (Å²) in [4.78, 5) is 33.5. The highest BCUT2D eigenvalue weighted by molar-refractivity contribution is 6.10. The van der Waals surface area contributed by atoms with Gasteiger partial charge in [-0.2, -0.15) is 5.10 Å². The van der Waals surface area contributed by atoms with Crippen LogP contribution in [-0.4, -0.2) is 38.6 Å². The number of anilines is 1. The van der Waals surface area contributed by atoms with Crippen LogP contribution in [0.3, 0.4) is 0 Å². The Hall–Kier alpha value is -3.94. The van der Waals surface area contributed by atoms with Gasteiger partial charge in [0.25, 0.3) is 11.8 Å². The van der Waals surface area contributed by atoms with Crippen LogP contribution < -0.4 is 10.6 Å². The lowest BCUT2D eigenvalue weighted by molar-refractivity contribution is 0.0964. The molecule has 32 heavy (non-hydrogen) atoms. The summed E-state index contributed by atoms with van der Waals surface area (Å²) in [5, 5.41) is 9.97. The molecule has 0 saturated heterocycles. The van der Waals surface area contributed by atoms with E-state index in [1.807, 2.05) is 51.1 Å². The number of fused-ring (bicyclic) bond motifs is 1. The highest BCUT2D eigenvalue weighted by Crippen LogP contribution is 2.27. The summed E-state index contributed by atoms with van der Waals surface area (Å²) in [6, 6.07) is 14.9. The fourth-order valence-corrected chi connectivity index (χ4v) is 3.45. The van der Waals surface area contributed by atoms with Crippen molar-refractivity contribution in [1.29, 1.82) is 0 Å². The molecule has 8 nitrogen and oxygen atoms in total. The van der Waals surface area contributed by atoms with E-state index in [0.717, 1.165) is 11.3 Å². The van der Waals surface area contributed by atoms with Crippen molar-refractivity contribution in [2.24, 2.45) is 7.05 Å². The molecular formula is C24H26N6O2. The van der Waals surface area contributed by atoms with Crippen LogP contribution in [0.2, 0.25) is 0 Å². The van der Waals surface area contributed by atoms with Gasteiger partial charge in [-0.15, -0.1) is 0 Å². The first-order chi connectivity index (χ1) is 15.2. The normalized spacial score (nSPS) is 11.5. The maximum Gasteiger partial charge on any atom is 0.273 e. The summed E-state index contributed by atoms with van der Waals surface area (Å²) in [5.74, 6) is 0.0330. The molecule has 164 valence electrons. The van der Waals surface area contributed by atoms with Gasteiger partial charge in [0.1, 0.15) is 11.5 Å². The zero-order chi connectivity index (χ0) is 23.0. The van der Waals surface area contributed by atoms with Crippen molar-refractivity contribution in [2.75, 3.05) is 12.4 Å². The second kappa shape index (κ2) is 7.96. The van der Waals surface area contributed by atoms with Crippen LogP contribution in [0.5, 0.6) is 0 Å². The number of H-pyrrole nitrogens is 1. The van der Waals surface area contributed by atoms with E-state index < -0.39 is 0 Å². The molecular weight excluding hydrogens is 404 g/mol. The summed E-state index contributed by atoms with van der Waals surface area (Å²) >= 11 is 0. The molecule has 4 rings (SSSR count). The standard InChI is InChI=1S/C24H26N6O2/c1-24(2,3)20-13-19(30(5)29-20)23(32)28-16-12-18-17(11-15(16)22(31)25-4)26-21(27-18)14-9-7-6-8-10-14/h6-13H,1-5H3,(H,25,31)(H,26,27)(H,28,32). The highest BCUT2D eigenvalue weighted by Gasteiger charge is 2.23. The van der Waals surface area contributed by atoms with Gasteiger partial charge in [-0.1, -0.05) is 51.1 Å². The number of aromatic nitrogens is 4. The van der Waals surface area contributed by atoms with Gasteiger partial charge >= 0.3 is 0 Å². The van der Waals surface area contributed by atoms with Gasteiger partial charge in [-0.3, -0.25) is 14.3 Å². The first-order valence-corrected chi connectivity index (χ1v) is 10.3. The first-order valence-electron chi connectivity index (χ1n) is 10.3. The Balaban J connectivity index is 1.74. The quantitative estimate of drug-likeness (QED) is 0.457. The van der Waals surface area contributed by atoms with Crippen molar-refractivity contribution >= 4 is 28.5 Å². The molecule has 2 heterocycles. The van der Waals surface area contributed by atoms with Crippen molar-refractivity contribution in [2.45, 2.75) is 26.2 Å². The number of benzene rings is 2. The molecule has 3 N–H and O–H groups in total. The number of hydrogen-bond acceptors (Lipinski definition) is 4. The van der Waals surface area contributed by atoms with Crippen LogP contribution in [0, 0.1) is 0 Å². The van der Waals surface area contributed by atoms with Gasteiger partial charge in [-0.25, -0.2) is 4.98 Å². The monoisotopic (exact) mass is 430 g/mol. The minimum absolute atomic E-state index is 0.189. The Labute approximate surface area is 186 Å². The molecule has 0 bridgehead atoms. The molecule has 0 aliphatic heterocycles. The maximum absolute atomic E-state index is 13.1. The van der Waals surface area contributed by atoms with Crippen molar-refractivity contribution in [1.82, 2.24) is 25.1 Å². The lowest BCUT2D eigenvalue weighted by atomic mass is 9.92. The average Bonchev–Trinajstić information content (AvgIpc) is 3.36. The molecule has 0 spiro atoms. The number of carbonyl (C=O) groups excluding carboxylic acids is 2. The Bertz CT molecular complexity index is 1310. The summed E-state index contributed by atoms with van der Waals surface area (Å²) in [7, 11) is 3.28. The third-order valence-corrected chi connectivity index (χ3v) is 5.27. The topological polar surface area (TPSA) is 105 Å². The van der Waals surface area contributed by atoms with Crippen molar-refractivity contribution in [3.63, 3.8) is 0 Å². The van der Waals surface area contributed by atoms with Gasteiger partial charge in [0.2, 0.25) is 0 Å². The zero-order valence-corrected chi connectivity index (χ0v) is 18.8. The third kappa shape index (κ3) is 3.99. The number of imidazole rings is 1. The number of aryl methyl sites for hydroxylation is 1. The van der Waals surface area contributed by atoms with Gasteiger partial charge in [-0.05, 0) is 18.2 Å². The molecule has 0 atom stereocenters. The minimum Gasteiger partial charge on any atom is -0.355 e. The highest BCUT2D eigenvalue weighted by atomic mass is 16.2. The van der Waals surface area contributed by atoms with E-state index in [0.29, 0.717) is 33.8 Å². The van der Waals surface area contributed by atoms with Gasteiger partial charge in [0.15, 0.2) is 0 Å². The summed E-state index contributed by atoms with van der Waals surface area (Å²) in [5.41, 5.74) is 4.03.